The summed E-state index contributed by atoms with van der Waals surface area (Å²) in [4.78, 5) is 0. The van der Waals surface area contributed by atoms with Crippen LogP contribution >= 0.6 is 0 Å². The van der Waals surface area contributed by atoms with Gasteiger partial charge >= 0.3 is 10.3 Å². The highest BCUT2D eigenvalue weighted by Crippen LogP contribution is 2.23. The molecule has 100 valence electrons. The average molecular weight is 271 g/mol. The lowest BCUT2D eigenvalue weighted by Crippen LogP contribution is -2.25. The van der Waals surface area contributed by atoms with E-state index in [-0.39, 0.29) is 6.10 Å². The Bertz CT molecular complexity index is 497. The van der Waals surface area contributed by atoms with Crippen molar-refractivity contribution in [3.05, 3.63) is 29.8 Å². The topological polar surface area (TPSA) is 55.8 Å². The Kier molecular flexibility index (Phi) is 3.89. The van der Waals surface area contributed by atoms with E-state index in [1.54, 1.807) is 7.11 Å². The lowest BCUT2D eigenvalue weighted by Gasteiger charge is -2.12. The number of methoxy groups -OCH3 is 1. The van der Waals surface area contributed by atoms with Gasteiger partial charge in [-0.1, -0.05) is 19.1 Å². The minimum Gasteiger partial charge on any atom is -0.497 e. The molecule has 0 amide bonds. The average Bonchev–Trinajstić information content (AvgIpc) is 2.65. The molecule has 0 aliphatic carbocycles. The van der Waals surface area contributed by atoms with Crippen LogP contribution in [0.4, 0.5) is 0 Å². The predicted molar refractivity (Wildman–Crippen MR) is 67.5 cm³/mol. The van der Waals surface area contributed by atoms with Crippen LogP contribution in [0.25, 0.3) is 0 Å². The lowest BCUT2D eigenvalue weighted by molar-refractivity contribution is 0.239. The largest absolute Gasteiger partial charge is 0.497 e. The van der Waals surface area contributed by atoms with Crippen LogP contribution in [0, 0.1) is 0 Å². The summed E-state index contributed by atoms with van der Waals surface area (Å²) in [5, 5.41) is 0. The van der Waals surface area contributed by atoms with Gasteiger partial charge in [0.15, 0.2) is 0 Å². The van der Waals surface area contributed by atoms with E-state index in [1.807, 2.05) is 31.2 Å². The van der Waals surface area contributed by atoms with Crippen LogP contribution in [0.2, 0.25) is 0 Å². The lowest BCUT2D eigenvalue weighted by atomic mass is 10.2. The molecule has 1 saturated heterocycles. The van der Waals surface area contributed by atoms with Crippen molar-refractivity contribution >= 4 is 10.3 Å². The second-order valence-electron chi connectivity index (χ2n) is 4.22. The Morgan fingerprint density at radius 1 is 1.39 bits per heavy atom. The van der Waals surface area contributed by atoms with Crippen LogP contribution in [0.15, 0.2) is 24.3 Å². The molecule has 0 saturated carbocycles. The second kappa shape index (κ2) is 5.26. The molecule has 0 aromatic heterocycles. The summed E-state index contributed by atoms with van der Waals surface area (Å²) in [5.74, 6) is 0.755. The Morgan fingerprint density at radius 2 is 2.06 bits per heavy atom. The van der Waals surface area contributed by atoms with E-state index in [4.69, 9.17) is 8.92 Å². The molecule has 1 fully saturated rings. The third kappa shape index (κ3) is 2.82. The van der Waals surface area contributed by atoms with Crippen molar-refractivity contribution in [3.63, 3.8) is 0 Å². The molecule has 1 atom stereocenters. The SMILES string of the molecule is CCC1CN(Cc2ccc(OC)cc2)S(=O)(=O)O1. The molecule has 1 aromatic carbocycles. The fourth-order valence-electron chi connectivity index (χ4n) is 1.86. The molecule has 0 N–H and O–H groups in total. The molecule has 1 aliphatic rings. The Labute approximate surface area is 108 Å². The van der Waals surface area contributed by atoms with Crippen LogP contribution in [0.5, 0.6) is 5.75 Å². The highest BCUT2D eigenvalue weighted by molar-refractivity contribution is 7.84. The van der Waals surface area contributed by atoms with E-state index in [2.05, 4.69) is 0 Å². The first kappa shape index (κ1) is 13.3. The second-order valence-corrected chi connectivity index (χ2v) is 5.79. The van der Waals surface area contributed by atoms with Crippen molar-refractivity contribution in [2.45, 2.75) is 26.0 Å². The van der Waals surface area contributed by atoms with E-state index in [1.165, 1.54) is 4.31 Å². The highest BCUT2D eigenvalue weighted by atomic mass is 32.2. The maximum absolute atomic E-state index is 11.7. The van der Waals surface area contributed by atoms with Gasteiger partial charge in [-0.25, -0.2) is 0 Å². The summed E-state index contributed by atoms with van der Waals surface area (Å²) in [6.45, 7) is 2.67. The standard InChI is InChI=1S/C12H17NO4S/c1-3-11-9-13(18(14,15)17-11)8-10-4-6-12(16-2)7-5-10/h4-7,11H,3,8-9H2,1-2H3. The number of hydrogen-bond donors (Lipinski definition) is 0. The van der Waals surface area contributed by atoms with E-state index < -0.39 is 10.3 Å². The number of ether oxygens (including phenoxy) is 1. The maximum atomic E-state index is 11.7. The fourth-order valence-corrected chi connectivity index (χ4v) is 3.18. The van der Waals surface area contributed by atoms with E-state index in [0.717, 1.165) is 11.3 Å². The van der Waals surface area contributed by atoms with Gasteiger partial charge in [0, 0.05) is 13.1 Å². The Hall–Kier alpha value is -1.11. The Balaban J connectivity index is 2.09. The predicted octanol–water partition coefficient (Wildman–Crippen LogP) is 1.55. The molecule has 2 rings (SSSR count). The Morgan fingerprint density at radius 3 is 2.56 bits per heavy atom. The fraction of sp³-hybridized carbons (Fsp3) is 0.500. The molecule has 1 aliphatic heterocycles. The first-order valence-electron chi connectivity index (χ1n) is 5.86. The molecule has 18 heavy (non-hydrogen) atoms. The van der Waals surface area contributed by atoms with Crippen LogP contribution in [-0.4, -0.2) is 32.5 Å². The third-order valence-corrected chi connectivity index (χ3v) is 4.38. The molecular weight excluding hydrogens is 254 g/mol. The van der Waals surface area contributed by atoms with Gasteiger partial charge in [-0.15, -0.1) is 0 Å². The third-order valence-electron chi connectivity index (χ3n) is 2.95. The van der Waals surface area contributed by atoms with Gasteiger partial charge in [0.25, 0.3) is 0 Å². The van der Waals surface area contributed by atoms with Gasteiger partial charge in [0.05, 0.1) is 13.2 Å². The number of nitrogens with zero attached hydrogens (tertiary/aromatic N) is 1. The van der Waals surface area contributed by atoms with Gasteiger partial charge in [0.1, 0.15) is 5.75 Å². The minimum absolute atomic E-state index is 0.228. The zero-order valence-corrected chi connectivity index (χ0v) is 11.3. The molecule has 1 aromatic rings. The molecule has 0 radical (unpaired) electrons. The molecule has 6 heteroatoms. The summed E-state index contributed by atoms with van der Waals surface area (Å²) < 4.78 is 34.9. The number of benzene rings is 1. The van der Waals surface area contributed by atoms with Crippen LogP contribution < -0.4 is 4.74 Å². The summed E-state index contributed by atoms with van der Waals surface area (Å²) in [6, 6.07) is 7.34. The molecule has 1 unspecified atom stereocenters. The summed E-state index contributed by atoms with van der Waals surface area (Å²) in [5.41, 5.74) is 0.916. The van der Waals surface area contributed by atoms with Crippen molar-refractivity contribution < 1.29 is 17.3 Å². The summed E-state index contributed by atoms with van der Waals surface area (Å²) in [6.07, 6.45) is 0.464. The van der Waals surface area contributed by atoms with Crippen LogP contribution in [0.3, 0.4) is 0 Å². The van der Waals surface area contributed by atoms with Crippen molar-refractivity contribution in [1.29, 1.82) is 0 Å². The monoisotopic (exact) mass is 271 g/mol. The van der Waals surface area contributed by atoms with Gasteiger partial charge in [-0.2, -0.15) is 12.7 Å². The van der Waals surface area contributed by atoms with Crippen molar-refractivity contribution in [2.24, 2.45) is 0 Å². The van der Waals surface area contributed by atoms with E-state index >= 15 is 0 Å². The minimum atomic E-state index is -3.56. The molecule has 0 bridgehead atoms. The van der Waals surface area contributed by atoms with Crippen LogP contribution in [0.1, 0.15) is 18.9 Å². The van der Waals surface area contributed by atoms with Crippen molar-refractivity contribution in [2.75, 3.05) is 13.7 Å². The van der Waals surface area contributed by atoms with E-state index in [0.29, 0.717) is 19.5 Å². The normalized spacial score (nSPS) is 23.1. The first-order chi connectivity index (χ1) is 8.55. The zero-order valence-electron chi connectivity index (χ0n) is 10.5. The summed E-state index contributed by atoms with van der Waals surface area (Å²) >= 11 is 0. The van der Waals surface area contributed by atoms with Gasteiger partial charge in [-0.3, -0.25) is 4.18 Å². The van der Waals surface area contributed by atoms with Crippen molar-refractivity contribution in [1.82, 2.24) is 4.31 Å². The summed E-state index contributed by atoms with van der Waals surface area (Å²) in [7, 11) is -1.96. The molecule has 1 heterocycles. The van der Waals surface area contributed by atoms with E-state index in [9.17, 15) is 8.42 Å². The smallest absolute Gasteiger partial charge is 0.339 e. The zero-order chi connectivity index (χ0) is 13.2. The number of rotatable bonds is 4. The highest BCUT2D eigenvalue weighted by Gasteiger charge is 2.35. The van der Waals surface area contributed by atoms with Crippen LogP contribution in [-0.2, 0) is 21.0 Å². The van der Waals surface area contributed by atoms with Gasteiger partial charge in [-0.05, 0) is 24.1 Å². The van der Waals surface area contributed by atoms with Gasteiger partial charge < -0.3 is 4.74 Å². The maximum Gasteiger partial charge on any atom is 0.339 e. The van der Waals surface area contributed by atoms with Crippen molar-refractivity contribution in [3.8, 4) is 5.75 Å². The quantitative estimate of drug-likeness (QED) is 0.833. The molecular formula is C12H17NO4S. The first-order valence-corrected chi connectivity index (χ1v) is 7.23. The van der Waals surface area contributed by atoms with Gasteiger partial charge in [0.2, 0.25) is 0 Å². The molecule has 5 nitrogen and oxygen atoms in total. The molecule has 0 spiro atoms. The number of hydrogen-bond acceptors (Lipinski definition) is 4.